The molecule has 5 nitrogen and oxygen atoms in total. The van der Waals surface area contributed by atoms with Crippen LogP contribution in [0.25, 0.3) is 0 Å². The summed E-state index contributed by atoms with van der Waals surface area (Å²) < 4.78 is 0. The van der Waals surface area contributed by atoms with E-state index in [9.17, 15) is 4.79 Å². The van der Waals surface area contributed by atoms with Crippen molar-refractivity contribution in [2.24, 2.45) is 0 Å². The predicted octanol–water partition coefficient (Wildman–Crippen LogP) is 1.26. The number of carbonyl (C=O) groups is 1. The lowest BCUT2D eigenvalue weighted by atomic mass is 10.4. The minimum absolute atomic E-state index is 0.109. The van der Waals surface area contributed by atoms with E-state index >= 15 is 0 Å². The first-order chi connectivity index (χ1) is 7.13. The van der Waals surface area contributed by atoms with Crippen LogP contribution in [0.15, 0.2) is 6.07 Å². The highest BCUT2D eigenvalue weighted by molar-refractivity contribution is 6.28. The summed E-state index contributed by atoms with van der Waals surface area (Å²) in [6.07, 6.45) is 0. The van der Waals surface area contributed by atoms with Gasteiger partial charge in [-0.25, -0.2) is 14.8 Å². The van der Waals surface area contributed by atoms with Crippen molar-refractivity contribution in [3.63, 3.8) is 0 Å². The molecular formula is C9H8ClN3O2. The van der Waals surface area contributed by atoms with Crippen LogP contribution in [0.3, 0.4) is 0 Å². The average Bonchev–Trinajstić information content (AvgIpc) is 2.17. The molecule has 2 N–H and O–H groups in total. The Bertz CT molecular complexity index is 437. The Morgan fingerprint density at radius 3 is 3.00 bits per heavy atom. The third-order valence-corrected chi connectivity index (χ3v) is 1.62. The average molecular weight is 226 g/mol. The largest absolute Gasteiger partial charge is 0.477 e. The molecule has 1 heterocycles. The van der Waals surface area contributed by atoms with Gasteiger partial charge >= 0.3 is 5.97 Å². The van der Waals surface area contributed by atoms with Gasteiger partial charge in [-0.15, -0.1) is 5.92 Å². The Kier molecular flexibility index (Phi) is 3.89. The molecule has 0 aliphatic rings. The third-order valence-electron chi connectivity index (χ3n) is 1.45. The molecule has 0 aliphatic carbocycles. The molecule has 0 spiro atoms. The van der Waals surface area contributed by atoms with Crippen LogP contribution in [0.4, 0.5) is 5.82 Å². The second-order valence-corrected chi connectivity index (χ2v) is 2.83. The lowest BCUT2D eigenvalue weighted by Crippen LogP contribution is -2.06. The van der Waals surface area contributed by atoms with E-state index < -0.39 is 5.97 Å². The van der Waals surface area contributed by atoms with Crippen molar-refractivity contribution in [1.29, 1.82) is 0 Å². The third kappa shape index (κ3) is 3.44. The van der Waals surface area contributed by atoms with E-state index in [1.54, 1.807) is 6.92 Å². The highest BCUT2D eigenvalue weighted by Gasteiger charge is 2.08. The van der Waals surface area contributed by atoms with Gasteiger partial charge in [0.25, 0.3) is 0 Å². The molecule has 1 aromatic rings. The monoisotopic (exact) mass is 225 g/mol. The number of anilines is 1. The standard InChI is InChI=1S/C9H8ClN3O2/c1-2-3-4-11-7-5-6(8(14)15)12-9(10)13-7/h5H,4H2,1H3,(H,14,15)(H,11,12,13). The number of carboxylic acid groups (broad SMARTS) is 1. The summed E-state index contributed by atoms with van der Waals surface area (Å²) in [6.45, 7) is 2.08. The fourth-order valence-corrected chi connectivity index (χ4v) is 1.02. The Morgan fingerprint density at radius 1 is 1.67 bits per heavy atom. The van der Waals surface area contributed by atoms with Gasteiger partial charge in [0.2, 0.25) is 5.28 Å². The minimum Gasteiger partial charge on any atom is -0.477 e. The summed E-state index contributed by atoms with van der Waals surface area (Å²) in [5, 5.41) is 11.4. The van der Waals surface area contributed by atoms with Crippen LogP contribution < -0.4 is 5.32 Å². The molecule has 6 heteroatoms. The van der Waals surface area contributed by atoms with Crippen molar-refractivity contribution >= 4 is 23.4 Å². The number of nitrogens with one attached hydrogen (secondary N) is 1. The number of nitrogens with zero attached hydrogens (tertiary/aromatic N) is 2. The number of hydrogen-bond donors (Lipinski definition) is 2. The van der Waals surface area contributed by atoms with E-state index in [1.807, 2.05) is 0 Å². The molecule has 0 aromatic carbocycles. The lowest BCUT2D eigenvalue weighted by molar-refractivity contribution is 0.0690. The maximum Gasteiger partial charge on any atom is 0.354 e. The van der Waals surface area contributed by atoms with E-state index in [0.717, 1.165) is 0 Å². The molecule has 0 saturated heterocycles. The number of aromatic nitrogens is 2. The predicted molar refractivity (Wildman–Crippen MR) is 55.9 cm³/mol. The van der Waals surface area contributed by atoms with Crippen molar-refractivity contribution < 1.29 is 9.90 Å². The van der Waals surface area contributed by atoms with Gasteiger partial charge in [-0.1, -0.05) is 5.92 Å². The van der Waals surface area contributed by atoms with Gasteiger partial charge in [-0.2, -0.15) is 0 Å². The number of halogens is 1. The molecule has 1 rings (SSSR count). The van der Waals surface area contributed by atoms with Crippen LogP contribution >= 0.6 is 11.6 Å². The van der Waals surface area contributed by atoms with Crippen molar-refractivity contribution in [3.05, 3.63) is 17.0 Å². The fourth-order valence-electron chi connectivity index (χ4n) is 0.841. The van der Waals surface area contributed by atoms with Crippen LogP contribution in [0.2, 0.25) is 5.28 Å². The second-order valence-electron chi connectivity index (χ2n) is 2.49. The smallest absolute Gasteiger partial charge is 0.354 e. The van der Waals surface area contributed by atoms with Crippen LogP contribution in [0, 0.1) is 11.8 Å². The van der Waals surface area contributed by atoms with Gasteiger partial charge in [0.1, 0.15) is 5.82 Å². The summed E-state index contributed by atoms with van der Waals surface area (Å²) in [7, 11) is 0. The molecule has 78 valence electrons. The van der Waals surface area contributed by atoms with E-state index in [4.69, 9.17) is 16.7 Å². The number of rotatable bonds is 3. The molecule has 0 fully saturated rings. The number of aromatic carboxylic acids is 1. The maximum atomic E-state index is 10.6. The fraction of sp³-hybridized carbons (Fsp3) is 0.222. The zero-order chi connectivity index (χ0) is 11.3. The second kappa shape index (κ2) is 5.17. The first-order valence-electron chi connectivity index (χ1n) is 4.05. The number of hydrogen-bond acceptors (Lipinski definition) is 4. The normalized spacial score (nSPS) is 8.93. The quantitative estimate of drug-likeness (QED) is 0.599. The topological polar surface area (TPSA) is 75.1 Å². The zero-order valence-corrected chi connectivity index (χ0v) is 8.67. The van der Waals surface area contributed by atoms with Gasteiger partial charge in [0.05, 0.1) is 6.54 Å². The first-order valence-corrected chi connectivity index (χ1v) is 4.42. The van der Waals surface area contributed by atoms with Crippen molar-refractivity contribution in [2.45, 2.75) is 6.92 Å². The highest BCUT2D eigenvalue weighted by atomic mass is 35.5. The van der Waals surface area contributed by atoms with E-state index in [-0.39, 0.29) is 11.0 Å². The van der Waals surface area contributed by atoms with E-state index in [1.165, 1.54) is 6.07 Å². The van der Waals surface area contributed by atoms with Gasteiger partial charge < -0.3 is 10.4 Å². The van der Waals surface area contributed by atoms with Crippen LogP contribution in [0.5, 0.6) is 0 Å². The molecular weight excluding hydrogens is 218 g/mol. The summed E-state index contributed by atoms with van der Waals surface area (Å²) >= 11 is 5.55. The summed E-state index contributed by atoms with van der Waals surface area (Å²) in [5.74, 6) is 4.63. The zero-order valence-electron chi connectivity index (χ0n) is 7.91. The minimum atomic E-state index is -1.15. The Labute approximate surface area is 91.5 Å². The van der Waals surface area contributed by atoms with Crippen LogP contribution in [-0.2, 0) is 0 Å². The van der Waals surface area contributed by atoms with Crippen molar-refractivity contribution in [3.8, 4) is 11.8 Å². The van der Waals surface area contributed by atoms with Gasteiger partial charge in [-0.3, -0.25) is 0 Å². The van der Waals surface area contributed by atoms with E-state index in [0.29, 0.717) is 12.4 Å². The molecule has 0 aliphatic heterocycles. The molecule has 0 atom stereocenters. The molecule has 0 amide bonds. The van der Waals surface area contributed by atoms with Gasteiger partial charge in [0, 0.05) is 6.07 Å². The van der Waals surface area contributed by atoms with Crippen LogP contribution in [0.1, 0.15) is 17.4 Å². The van der Waals surface area contributed by atoms with Gasteiger partial charge in [0.15, 0.2) is 5.69 Å². The summed E-state index contributed by atoms with van der Waals surface area (Å²) in [6, 6.07) is 1.30. The Morgan fingerprint density at radius 2 is 2.40 bits per heavy atom. The summed E-state index contributed by atoms with van der Waals surface area (Å²) in [5.41, 5.74) is -0.151. The van der Waals surface area contributed by atoms with Crippen molar-refractivity contribution in [1.82, 2.24) is 9.97 Å². The SMILES string of the molecule is CC#CCNc1cc(C(=O)O)nc(Cl)n1. The molecule has 0 bridgehead atoms. The molecule has 1 aromatic heterocycles. The maximum absolute atomic E-state index is 10.6. The van der Waals surface area contributed by atoms with E-state index in [2.05, 4.69) is 27.1 Å². The molecule has 0 unspecified atom stereocenters. The first kappa shape index (κ1) is 11.3. The number of carboxylic acids is 1. The van der Waals surface area contributed by atoms with Gasteiger partial charge in [-0.05, 0) is 18.5 Å². The Hall–Kier alpha value is -1.80. The molecule has 15 heavy (non-hydrogen) atoms. The highest BCUT2D eigenvalue weighted by Crippen LogP contribution is 2.09. The van der Waals surface area contributed by atoms with Crippen LogP contribution in [-0.4, -0.2) is 27.6 Å². The molecule has 0 saturated carbocycles. The summed E-state index contributed by atoms with van der Waals surface area (Å²) in [4.78, 5) is 18.0. The lowest BCUT2D eigenvalue weighted by Gasteiger charge is -2.02. The Balaban J connectivity index is 2.87. The molecule has 0 radical (unpaired) electrons. The van der Waals surface area contributed by atoms with Crippen molar-refractivity contribution in [2.75, 3.05) is 11.9 Å².